The Morgan fingerprint density at radius 1 is 1.11 bits per heavy atom. The summed E-state index contributed by atoms with van der Waals surface area (Å²) in [6.07, 6.45) is 3.76. The molecule has 3 rings (SSSR count). The number of primary amides is 1. The molecule has 0 fully saturated rings. The third-order valence-corrected chi connectivity index (χ3v) is 5.56. The first kappa shape index (κ1) is 19.9. The smallest absolute Gasteiger partial charge is 0.309 e. The number of para-hydroxylation sites is 1. The lowest BCUT2D eigenvalue weighted by atomic mass is 9.95. The SMILES string of the molecule is NC(=O)c1c(NC(=O)COC(=O)CCOc2ccccc2)sc2c1CCCC2. The van der Waals surface area contributed by atoms with Gasteiger partial charge in [0.05, 0.1) is 18.6 Å². The third kappa shape index (κ3) is 5.10. The van der Waals surface area contributed by atoms with E-state index >= 15 is 0 Å². The highest BCUT2D eigenvalue weighted by Gasteiger charge is 2.25. The second kappa shape index (κ2) is 9.36. The van der Waals surface area contributed by atoms with Gasteiger partial charge in [-0.25, -0.2) is 0 Å². The van der Waals surface area contributed by atoms with Crippen LogP contribution in [0.2, 0.25) is 0 Å². The lowest BCUT2D eigenvalue weighted by molar-refractivity contribution is -0.147. The number of hydrogen-bond acceptors (Lipinski definition) is 6. The molecule has 0 bridgehead atoms. The molecule has 0 atom stereocenters. The minimum Gasteiger partial charge on any atom is -0.493 e. The number of aryl methyl sites for hydroxylation is 1. The Bertz CT molecular complexity index is 863. The summed E-state index contributed by atoms with van der Waals surface area (Å²) in [5, 5.41) is 3.09. The average Bonchev–Trinajstić information content (AvgIpc) is 3.05. The minimum absolute atomic E-state index is 0.0298. The number of amides is 2. The number of nitrogens with one attached hydrogen (secondary N) is 1. The van der Waals surface area contributed by atoms with Crippen molar-refractivity contribution < 1.29 is 23.9 Å². The molecular formula is C20H22N2O5S. The first-order valence-electron chi connectivity index (χ1n) is 9.12. The van der Waals surface area contributed by atoms with Crippen LogP contribution < -0.4 is 15.8 Å². The van der Waals surface area contributed by atoms with Gasteiger partial charge in [-0.3, -0.25) is 14.4 Å². The first-order valence-corrected chi connectivity index (χ1v) is 9.94. The predicted octanol–water partition coefficient (Wildman–Crippen LogP) is 2.68. The summed E-state index contributed by atoms with van der Waals surface area (Å²) in [6, 6.07) is 9.11. The van der Waals surface area contributed by atoms with Crippen LogP contribution >= 0.6 is 11.3 Å². The van der Waals surface area contributed by atoms with Gasteiger partial charge in [0.1, 0.15) is 10.8 Å². The second-order valence-corrected chi connectivity index (χ2v) is 7.50. The van der Waals surface area contributed by atoms with Gasteiger partial charge in [0.15, 0.2) is 6.61 Å². The predicted molar refractivity (Wildman–Crippen MR) is 106 cm³/mol. The van der Waals surface area contributed by atoms with Crippen LogP contribution in [-0.2, 0) is 27.2 Å². The van der Waals surface area contributed by atoms with Crippen LogP contribution in [-0.4, -0.2) is 31.0 Å². The van der Waals surface area contributed by atoms with E-state index in [2.05, 4.69) is 5.32 Å². The number of thiophene rings is 1. The largest absolute Gasteiger partial charge is 0.493 e. The van der Waals surface area contributed by atoms with E-state index in [1.54, 1.807) is 12.1 Å². The molecule has 1 aliphatic carbocycles. The van der Waals surface area contributed by atoms with Crippen molar-refractivity contribution >= 4 is 34.1 Å². The molecule has 0 saturated carbocycles. The van der Waals surface area contributed by atoms with Crippen LogP contribution in [0.1, 0.15) is 40.1 Å². The fourth-order valence-corrected chi connectivity index (χ4v) is 4.38. The van der Waals surface area contributed by atoms with Gasteiger partial charge in [0.25, 0.3) is 11.8 Å². The number of carbonyl (C=O) groups is 3. The van der Waals surface area contributed by atoms with Gasteiger partial charge in [-0.15, -0.1) is 11.3 Å². The summed E-state index contributed by atoms with van der Waals surface area (Å²) in [6.45, 7) is -0.265. The molecule has 2 amide bonds. The van der Waals surface area contributed by atoms with Crippen molar-refractivity contribution in [2.75, 3.05) is 18.5 Å². The van der Waals surface area contributed by atoms with E-state index in [1.807, 2.05) is 18.2 Å². The summed E-state index contributed by atoms with van der Waals surface area (Å²) in [5.41, 5.74) is 6.82. The third-order valence-electron chi connectivity index (χ3n) is 4.35. The van der Waals surface area contributed by atoms with E-state index in [0.717, 1.165) is 36.1 Å². The maximum absolute atomic E-state index is 12.1. The molecule has 1 aromatic heterocycles. The van der Waals surface area contributed by atoms with Gasteiger partial charge < -0.3 is 20.5 Å². The monoisotopic (exact) mass is 402 g/mol. The van der Waals surface area contributed by atoms with Crippen LogP contribution in [0.3, 0.4) is 0 Å². The molecule has 148 valence electrons. The maximum atomic E-state index is 12.1. The Morgan fingerprint density at radius 2 is 1.86 bits per heavy atom. The molecule has 7 nitrogen and oxygen atoms in total. The molecule has 0 aliphatic heterocycles. The summed E-state index contributed by atoms with van der Waals surface area (Å²) in [4.78, 5) is 36.8. The van der Waals surface area contributed by atoms with Crippen LogP contribution in [0.5, 0.6) is 5.75 Å². The lowest BCUT2D eigenvalue weighted by Crippen LogP contribution is -2.23. The molecule has 1 aliphatic rings. The van der Waals surface area contributed by atoms with Gasteiger partial charge in [-0.2, -0.15) is 0 Å². The van der Waals surface area contributed by atoms with Gasteiger partial charge in [-0.1, -0.05) is 18.2 Å². The Hall–Kier alpha value is -2.87. The molecule has 8 heteroatoms. The van der Waals surface area contributed by atoms with E-state index in [1.165, 1.54) is 11.3 Å². The van der Waals surface area contributed by atoms with Crippen molar-refractivity contribution in [2.24, 2.45) is 5.73 Å². The number of ether oxygens (including phenoxy) is 2. The zero-order valence-electron chi connectivity index (χ0n) is 15.4. The fraction of sp³-hybridized carbons (Fsp3) is 0.350. The number of anilines is 1. The standard InChI is InChI=1S/C20H22N2O5S/c21-19(25)18-14-8-4-5-9-15(14)28-20(18)22-16(23)12-27-17(24)10-11-26-13-6-2-1-3-7-13/h1-3,6-7H,4-5,8-12H2,(H2,21,25)(H,22,23). The topological polar surface area (TPSA) is 108 Å². The lowest BCUT2D eigenvalue weighted by Gasteiger charge is -2.11. The van der Waals surface area contributed by atoms with Crippen molar-refractivity contribution in [3.63, 3.8) is 0 Å². The van der Waals surface area contributed by atoms with Crippen LogP contribution in [0.25, 0.3) is 0 Å². The number of nitrogens with two attached hydrogens (primary N) is 1. The zero-order chi connectivity index (χ0) is 19.9. The van der Waals surface area contributed by atoms with Crippen LogP contribution in [0.4, 0.5) is 5.00 Å². The zero-order valence-corrected chi connectivity index (χ0v) is 16.2. The highest BCUT2D eigenvalue weighted by molar-refractivity contribution is 7.17. The van der Waals surface area contributed by atoms with Gasteiger partial charge in [0.2, 0.25) is 0 Å². The Balaban J connectivity index is 1.47. The van der Waals surface area contributed by atoms with E-state index in [-0.39, 0.29) is 13.0 Å². The molecule has 1 aromatic carbocycles. The van der Waals surface area contributed by atoms with Crippen LogP contribution in [0.15, 0.2) is 30.3 Å². The van der Waals surface area contributed by atoms with Gasteiger partial charge in [0, 0.05) is 4.88 Å². The number of fused-ring (bicyclic) bond motifs is 1. The molecule has 1 heterocycles. The Kier molecular flexibility index (Phi) is 6.65. The quantitative estimate of drug-likeness (QED) is 0.660. The maximum Gasteiger partial charge on any atom is 0.309 e. The fourth-order valence-electron chi connectivity index (χ4n) is 3.06. The van der Waals surface area contributed by atoms with Gasteiger partial charge >= 0.3 is 5.97 Å². The number of hydrogen-bond donors (Lipinski definition) is 2. The summed E-state index contributed by atoms with van der Waals surface area (Å²) >= 11 is 1.37. The molecule has 0 spiro atoms. The highest BCUT2D eigenvalue weighted by Crippen LogP contribution is 2.37. The van der Waals surface area contributed by atoms with E-state index in [0.29, 0.717) is 16.3 Å². The number of esters is 1. The van der Waals surface area contributed by atoms with Gasteiger partial charge in [-0.05, 0) is 43.4 Å². The Labute approximate surface area is 166 Å². The number of rotatable bonds is 8. The molecule has 0 radical (unpaired) electrons. The van der Waals surface area contributed by atoms with Crippen molar-refractivity contribution in [2.45, 2.75) is 32.1 Å². The molecule has 3 N–H and O–H groups in total. The summed E-state index contributed by atoms with van der Waals surface area (Å²) in [7, 11) is 0. The molecule has 0 saturated heterocycles. The average molecular weight is 402 g/mol. The van der Waals surface area contributed by atoms with Crippen molar-refractivity contribution in [3.8, 4) is 5.75 Å². The van der Waals surface area contributed by atoms with Crippen LogP contribution in [0, 0.1) is 0 Å². The second-order valence-electron chi connectivity index (χ2n) is 6.40. The molecule has 0 unspecified atom stereocenters. The molecular weight excluding hydrogens is 380 g/mol. The molecule has 2 aromatic rings. The van der Waals surface area contributed by atoms with E-state index in [4.69, 9.17) is 15.2 Å². The highest BCUT2D eigenvalue weighted by atomic mass is 32.1. The summed E-state index contributed by atoms with van der Waals surface area (Å²) in [5.74, 6) is -0.927. The van der Waals surface area contributed by atoms with E-state index in [9.17, 15) is 14.4 Å². The van der Waals surface area contributed by atoms with Crippen molar-refractivity contribution in [1.29, 1.82) is 0 Å². The molecule has 28 heavy (non-hydrogen) atoms. The van der Waals surface area contributed by atoms with E-state index < -0.39 is 24.4 Å². The Morgan fingerprint density at radius 3 is 2.61 bits per heavy atom. The number of benzene rings is 1. The number of carbonyl (C=O) groups excluding carboxylic acids is 3. The summed E-state index contributed by atoms with van der Waals surface area (Å²) < 4.78 is 10.4. The normalized spacial score (nSPS) is 12.7. The van der Waals surface area contributed by atoms with Crippen molar-refractivity contribution in [1.82, 2.24) is 0 Å². The van der Waals surface area contributed by atoms with Crippen molar-refractivity contribution in [3.05, 3.63) is 46.3 Å². The minimum atomic E-state index is -0.551. The first-order chi connectivity index (χ1) is 13.5.